The number of pyridine rings is 1. The van der Waals surface area contributed by atoms with Crippen LogP contribution < -0.4 is 0 Å². The van der Waals surface area contributed by atoms with E-state index >= 15 is 0 Å². The van der Waals surface area contributed by atoms with Crippen molar-refractivity contribution in [2.24, 2.45) is 7.05 Å². The number of nitrogens with zero attached hydrogens (tertiary/aromatic N) is 3. The first-order chi connectivity index (χ1) is 6.66. The molecule has 0 aliphatic rings. The molecule has 0 amide bonds. The molecule has 72 valence electrons. The Bertz CT molecular complexity index is 437. The van der Waals surface area contributed by atoms with E-state index in [1.54, 1.807) is 6.20 Å². The highest BCUT2D eigenvalue weighted by atomic mass is 15.3. The highest BCUT2D eigenvalue weighted by Crippen LogP contribution is 2.19. The fourth-order valence-corrected chi connectivity index (χ4v) is 1.64. The minimum Gasteiger partial charge on any atom is -0.268 e. The highest BCUT2D eigenvalue weighted by molar-refractivity contribution is 5.59. The molecule has 2 aromatic heterocycles. The zero-order valence-corrected chi connectivity index (χ0v) is 8.65. The van der Waals surface area contributed by atoms with E-state index in [9.17, 15) is 0 Å². The lowest BCUT2D eigenvalue weighted by Crippen LogP contribution is -1.95. The first kappa shape index (κ1) is 8.94. The van der Waals surface area contributed by atoms with E-state index in [2.05, 4.69) is 22.2 Å². The summed E-state index contributed by atoms with van der Waals surface area (Å²) < 4.78 is 1.87. The first-order valence-corrected chi connectivity index (χ1v) is 4.60. The Labute approximate surface area is 83.4 Å². The molecular formula is C11H13N3. The summed E-state index contributed by atoms with van der Waals surface area (Å²) in [7, 11) is 1.94. The summed E-state index contributed by atoms with van der Waals surface area (Å²) in [5, 5.41) is 4.15. The van der Waals surface area contributed by atoms with Crippen LogP contribution in [0.25, 0.3) is 11.3 Å². The second-order valence-electron chi connectivity index (χ2n) is 3.48. The van der Waals surface area contributed by atoms with Gasteiger partial charge in [0.15, 0.2) is 0 Å². The molecule has 2 heterocycles. The van der Waals surface area contributed by atoms with Crippen molar-refractivity contribution in [1.29, 1.82) is 0 Å². The molecule has 14 heavy (non-hydrogen) atoms. The Morgan fingerprint density at radius 2 is 1.79 bits per heavy atom. The average molecular weight is 187 g/mol. The predicted octanol–water partition coefficient (Wildman–Crippen LogP) is 2.10. The normalized spacial score (nSPS) is 10.5. The van der Waals surface area contributed by atoms with Crippen molar-refractivity contribution in [2.75, 3.05) is 0 Å². The third kappa shape index (κ3) is 1.53. The number of aromatic nitrogens is 3. The molecule has 0 atom stereocenters. The molecule has 0 saturated carbocycles. The quantitative estimate of drug-likeness (QED) is 0.684. The maximum absolute atomic E-state index is 4.34. The van der Waals surface area contributed by atoms with Crippen LogP contribution >= 0.6 is 0 Å². The Balaban J connectivity index is 2.57. The van der Waals surface area contributed by atoms with Crippen molar-refractivity contribution in [1.82, 2.24) is 14.8 Å². The zero-order valence-electron chi connectivity index (χ0n) is 8.65. The van der Waals surface area contributed by atoms with Crippen LogP contribution in [-0.4, -0.2) is 14.8 Å². The lowest BCUT2D eigenvalue weighted by atomic mass is 10.1. The standard InChI is InChI=1S/C11H13N3/c1-8-6-10(7-9(2)13-8)11-4-5-12-14(11)3/h4-7H,1-3H3. The predicted molar refractivity (Wildman–Crippen MR) is 55.9 cm³/mol. The third-order valence-corrected chi connectivity index (χ3v) is 2.20. The van der Waals surface area contributed by atoms with Gasteiger partial charge >= 0.3 is 0 Å². The summed E-state index contributed by atoms with van der Waals surface area (Å²) in [6.07, 6.45) is 1.81. The van der Waals surface area contributed by atoms with Crippen LogP contribution in [0.3, 0.4) is 0 Å². The molecular weight excluding hydrogens is 174 g/mol. The van der Waals surface area contributed by atoms with Gasteiger partial charge in [0, 0.05) is 30.2 Å². The molecule has 0 aliphatic carbocycles. The lowest BCUT2D eigenvalue weighted by molar-refractivity contribution is 0.775. The van der Waals surface area contributed by atoms with Gasteiger partial charge in [0.25, 0.3) is 0 Å². The summed E-state index contributed by atoms with van der Waals surface area (Å²) in [6, 6.07) is 6.16. The smallest absolute Gasteiger partial charge is 0.0680 e. The van der Waals surface area contributed by atoms with Crippen molar-refractivity contribution in [3.05, 3.63) is 35.8 Å². The summed E-state index contributed by atoms with van der Waals surface area (Å²) in [5.41, 5.74) is 4.39. The van der Waals surface area contributed by atoms with Crippen molar-refractivity contribution >= 4 is 0 Å². The van der Waals surface area contributed by atoms with Crippen molar-refractivity contribution in [2.45, 2.75) is 13.8 Å². The minimum absolute atomic E-state index is 1.04. The molecule has 0 spiro atoms. The monoisotopic (exact) mass is 187 g/mol. The molecule has 2 aromatic rings. The molecule has 0 fully saturated rings. The number of hydrogen-bond acceptors (Lipinski definition) is 2. The lowest BCUT2D eigenvalue weighted by Gasteiger charge is -2.04. The molecule has 0 aliphatic heterocycles. The maximum Gasteiger partial charge on any atom is 0.0680 e. The molecule has 0 saturated heterocycles. The Morgan fingerprint density at radius 1 is 1.14 bits per heavy atom. The van der Waals surface area contributed by atoms with Crippen molar-refractivity contribution < 1.29 is 0 Å². The molecule has 0 radical (unpaired) electrons. The van der Waals surface area contributed by atoms with Crippen LogP contribution in [0.4, 0.5) is 0 Å². The summed E-state index contributed by atoms with van der Waals surface area (Å²) in [6.45, 7) is 4.01. The van der Waals surface area contributed by atoms with Gasteiger partial charge in [-0.2, -0.15) is 5.10 Å². The molecule has 0 bridgehead atoms. The number of rotatable bonds is 1. The van der Waals surface area contributed by atoms with Gasteiger partial charge in [-0.15, -0.1) is 0 Å². The highest BCUT2D eigenvalue weighted by Gasteiger charge is 2.03. The van der Waals surface area contributed by atoms with E-state index in [1.807, 2.05) is 31.6 Å². The topological polar surface area (TPSA) is 30.7 Å². The van der Waals surface area contributed by atoms with Gasteiger partial charge in [0.05, 0.1) is 5.69 Å². The summed E-state index contributed by atoms with van der Waals surface area (Å²) in [4.78, 5) is 4.34. The van der Waals surface area contributed by atoms with Crippen LogP contribution in [0.5, 0.6) is 0 Å². The van der Waals surface area contributed by atoms with Crippen LogP contribution in [0, 0.1) is 13.8 Å². The third-order valence-electron chi connectivity index (χ3n) is 2.20. The fourth-order valence-electron chi connectivity index (χ4n) is 1.64. The minimum atomic E-state index is 1.04. The molecule has 3 nitrogen and oxygen atoms in total. The van der Waals surface area contributed by atoms with E-state index in [4.69, 9.17) is 0 Å². The van der Waals surface area contributed by atoms with Gasteiger partial charge in [-0.3, -0.25) is 9.67 Å². The van der Waals surface area contributed by atoms with Crippen LogP contribution in [0.15, 0.2) is 24.4 Å². The average Bonchev–Trinajstić information content (AvgIpc) is 2.49. The van der Waals surface area contributed by atoms with E-state index in [0.29, 0.717) is 0 Å². The zero-order chi connectivity index (χ0) is 10.1. The van der Waals surface area contributed by atoms with E-state index in [0.717, 1.165) is 17.1 Å². The second kappa shape index (κ2) is 3.25. The van der Waals surface area contributed by atoms with Gasteiger partial charge in [-0.05, 0) is 32.0 Å². The second-order valence-corrected chi connectivity index (χ2v) is 3.48. The molecule has 0 N–H and O–H groups in total. The van der Waals surface area contributed by atoms with E-state index < -0.39 is 0 Å². The molecule has 2 rings (SSSR count). The number of hydrogen-bond donors (Lipinski definition) is 0. The summed E-state index contributed by atoms with van der Waals surface area (Å²) >= 11 is 0. The molecule has 0 unspecified atom stereocenters. The van der Waals surface area contributed by atoms with Crippen LogP contribution in [0.2, 0.25) is 0 Å². The van der Waals surface area contributed by atoms with Gasteiger partial charge < -0.3 is 0 Å². The SMILES string of the molecule is Cc1cc(-c2ccnn2C)cc(C)n1. The largest absolute Gasteiger partial charge is 0.268 e. The first-order valence-electron chi connectivity index (χ1n) is 4.60. The molecule has 0 aromatic carbocycles. The van der Waals surface area contributed by atoms with Crippen LogP contribution in [0.1, 0.15) is 11.4 Å². The number of aryl methyl sites for hydroxylation is 3. The van der Waals surface area contributed by atoms with Gasteiger partial charge in [-0.1, -0.05) is 0 Å². The van der Waals surface area contributed by atoms with Gasteiger partial charge in [0.2, 0.25) is 0 Å². The fraction of sp³-hybridized carbons (Fsp3) is 0.273. The van der Waals surface area contributed by atoms with E-state index in [-0.39, 0.29) is 0 Å². The summed E-state index contributed by atoms with van der Waals surface area (Å²) in [5.74, 6) is 0. The van der Waals surface area contributed by atoms with E-state index in [1.165, 1.54) is 5.56 Å². The Hall–Kier alpha value is -1.64. The van der Waals surface area contributed by atoms with Crippen molar-refractivity contribution in [3.8, 4) is 11.3 Å². The molecule has 3 heteroatoms. The van der Waals surface area contributed by atoms with Gasteiger partial charge in [-0.25, -0.2) is 0 Å². The Kier molecular flexibility index (Phi) is 2.08. The Morgan fingerprint density at radius 3 is 2.29 bits per heavy atom. The maximum atomic E-state index is 4.34. The van der Waals surface area contributed by atoms with Gasteiger partial charge in [0.1, 0.15) is 0 Å². The van der Waals surface area contributed by atoms with Crippen molar-refractivity contribution in [3.63, 3.8) is 0 Å². The van der Waals surface area contributed by atoms with Crippen LogP contribution in [-0.2, 0) is 7.05 Å².